The van der Waals surface area contributed by atoms with Crippen molar-refractivity contribution in [2.75, 3.05) is 4.72 Å². The molecule has 0 aliphatic rings. The number of fused-ring (bicyclic) bond motifs is 1. The Morgan fingerprint density at radius 2 is 1.74 bits per heavy atom. The maximum Gasteiger partial charge on any atom is 0.419 e. The number of benzene rings is 2. The fourth-order valence-electron chi connectivity index (χ4n) is 2.38. The van der Waals surface area contributed by atoms with Crippen molar-refractivity contribution in [2.45, 2.75) is 18.7 Å². The Kier molecular flexibility index (Phi) is 3.52. The summed E-state index contributed by atoms with van der Waals surface area (Å²) in [7, 11) is -2.20. The minimum absolute atomic E-state index is 0.0833. The van der Waals surface area contributed by atoms with Gasteiger partial charge < -0.3 is 4.42 Å². The van der Waals surface area contributed by atoms with E-state index in [4.69, 9.17) is 4.42 Å². The Balaban J connectivity index is 2.09. The van der Waals surface area contributed by atoms with Gasteiger partial charge in [-0.2, -0.15) is 0 Å². The first kappa shape index (κ1) is 15.4. The molecular formula is C16H16N2O4S. The predicted octanol–water partition coefficient (Wildman–Crippen LogP) is 2.55. The van der Waals surface area contributed by atoms with E-state index in [1.807, 2.05) is 19.1 Å². The van der Waals surface area contributed by atoms with Crippen molar-refractivity contribution in [3.8, 4) is 0 Å². The summed E-state index contributed by atoms with van der Waals surface area (Å²) in [5.74, 6) is -0.527. The number of hydrogen-bond acceptors (Lipinski definition) is 4. The molecule has 0 bridgehead atoms. The highest BCUT2D eigenvalue weighted by atomic mass is 32.2. The maximum absolute atomic E-state index is 12.6. The van der Waals surface area contributed by atoms with Crippen LogP contribution in [0.4, 0.5) is 5.69 Å². The third-order valence-corrected chi connectivity index (χ3v) is 5.21. The van der Waals surface area contributed by atoms with Gasteiger partial charge in [0.2, 0.25) is 0 Å². The Bertz CT molecular complexity index is 1040. The molecule has 0 atom stereocenters. The lowest BCUT2D eigenvalue weighted by Gasteiger charge is -2.10. The highest BCUT2D eigenvalue weighted by Crippen LogP contribution is 2.24. The molecule has 0 amide bonds. The van der Waals surface area contributed by atoms with Crippen LogP contribution in [0.5, 0.6) is 0 Å². The van der Waals surface area contributed by atoms with E-state index >= 15 is 0 Å². The van der Waals surface area contributed by atoms with E-state index in [-0.39, 0.29) is 10.5 Å². The van der Waals surface area contributed by atoms with Crippen LogP contribution in [0, 0.1) is 13.8 Å². The lowest BCUT2D eigenvalue weighted by Crippen LogP contribution is -2.14. The van der Waals surface area contributed by atoms with Crippen LogP contribution in [0.25, 0.3) is 11.1 Å². The third-order valence-electron chi connectivity index (χ3n) is 3.68. The number of hydrogen-bond donors (Lipinski definition) is 1. The van der Waals surface area contributed by atoms with Gasteiger partial charge in [0, 0.05) is 18.8 Å². The predicted molar refractivity (Wildman–Crippen MR) is 88.2 cm³/mol. The number of nitrogens with one attached hydrogen (secondary N) is 1. The summed E-state index contributed by atoms with van der Waals surface area (Å²) in [6.07, 6.45) is 0. The molecule has 120 valence electrons. The van der Waals surface area contributed by atoms with Gasteiger partial charge in [-0.3, -0.25) is 9.29 Å². The lowest BCUT2D eigenvalue weighted by molar-refractivity contribution is 0.527. The number of anilines is 1. The molecule has 7 heteroatoms. The van der Waals surface area contributed by atoms with Crippen LogP contribution >= 0.6 is 0 Å². The van der Waals surface area contributed by atoms with Gasteiger partial charge in [-0.15, -0.1) is 0 Å². The summed E-state index contributed by atoms with van der Waals surface area (Å²) >= 11 is 0. The average Bonchev–Trinajstić information content (AvgIpc) is 2.76. The molecule has 3 rings (SSSR count). The van der Waals surface area contributed by atoms with E-state index in [2.05, 4.69) is 4.72 Å². The fraction of sp³-hybridized carbons (Fsp3) is 0.188. The quantitative estimate of drug-likeness (QED) is 0.799. The first-order chi connectivity index (χ1) is 10.8. The van der Waals surface area contributed by atoms with Crippen molar-refractivity contribution in [3.05, 3.63) is 58.1 Å². The zero-order valence-electron chi connectivity index (χ0n) is 13.0. The number of nitrogens with zero attached hydrogens (tertiary/aromatic N) is 1. The van der Waals surface area contributed by atoms with E-state index < -0.39 is 15.8 Å². The highest BCUT2D eigenvalue weighted by Gasteiger charge is 2.20. The molecule has 0 saturated heterocycles. The van der Waals surface area contributed by atoms with E-state index in [1.165, 1.54) is 10.6 Å². The zero-order valence-corrected chi connectivity index (χ0v) is 13.8. The molecule has 0 aliphatic heterocycles. The topological polar surface area (TPSA) is 81.3 Å². The molecule has 2 aromatic carbocycles. The summed E-state index contributed by atoms with van der Waals surface area (Å²) in [6.45, 7) is 3.61. The van der Waals surface area contributed by atoms with E-state index in [9.17, 15) is 13.2 Å². The molecule has 1 N–H and O–H groups in total. The monoisotopic (exact) mass is 332 g/mol. The summed E-state index contributed by atoms with van der Waals surface area (Å²) in [6, 6.07) is 10.0. The van der Waals surface area contributed by atoms with Crippen LogP contribution in [0.2, 0.25) is 0 Å². The number of aryl methyl sites for hydroxylation is 3. The van der Waals surface area contributed by atoms with Crippen molar-refractivity contribution in [2.24, 2.45) is 7.05 Å². The molecule has 3 aromatic rings. The van der Waals surface area contributed by atoms with Gasteiger partial charge in [-0.1, -0.05) is 17.7 Å². The number of aromatic nitrogens is 1. The molecule has 0 fully saturated rings. The summed E-state index contributed by atoms with van der Waals surface area (Å²) < 4.78 is 34.2. The first-order valence-corrected chi connectivity index (χ1v) is 8.46. The minimum Gasteiger partial charge on any atom is -0.408 e. The van der Waals surface area contributed by atoms with Crippen LogP contribution in [-0.2, 0) is 17.1 Å². The second-order valence-corrected chi connectivity index (χ2v) is 7.13. The number of oxazole rings is 1. The molecule has 0 aliphatic carbocycles. The van der Waals surface area contributed by atoms with Crippen molar-refractivity contribution in [1.82, 2.24) is 4.57 Å². The zero-order chi connectivity index (χ0) is 16.8. The summed E-state index contributed by atoms with van der Waals surface area (Å²) in [4.78, 5) is 11.6. The summed E-state index contributed by atoms with van der Waals surface area (Å²) in [5, 5.41) is 0. The third kappa shape index (κ3) is 2.75. The second-order valence-electron chi connectivity index (χ2n) is 5.48. The standard InChI is InChI=1S/C16H16N2O4S/c1-10-4-6-12(7-5-10)17-23(20,21)15-9-14-13(8-11(15)2)18(3)16(19)22-14/h4-9,17H,1-3H3. The Labute approximate surface area is 133 Å². The highest BCUT2D eigenvalue weighted by molar-refractivity contribution is 7.92. The largest absolute Gasteiger partial charge is 0.419 e. The molecule has 23 heavy (non-hydrogen) atoms. The van der Waals surface area contributed by atoms with Gasteiger partial charge in [0.1, 0.15) is 0 Å². The number of sulfonamides is 1. The molecule has 0 saturated carbocycles. The van der Waals surface area contributed by atoms with Gasteiger partial charge in [-0.25, -0.2) is 13.2 Å². The minimum atomic E-state index is -3.77. The summed E-state index contributed by atoms with van der Waals surface area (Å²) in [5.41, 5.74) is 2.85. The Morgan fingerprint density at radius 1 is 1.09 bits per heavy atom. The van der Waals surface area contributed by atoms with E-state index in [0.29, 0.717) is 16.8 Å². The van der Waals surface area contributed by atoms with Gasteiger partial charge >= 0.3 is 5.76 Å². The van der Waals surface area contributed by atoms with Gasteiger partial charge in [0.05, 0.1) is 10.4 Å². The molecule has 1 aromatic heterocycles. The smallest absolute Gasteiger partial charge is 0.408 e. The fourth-order valence-corrected chi connectivity index (χ4v) is 3.68. The molecule has 0 radical (unpaired) electrons. The van der Waals surface area contributed by atoms with Crippen molar-refractivity contribution < 1.29 is 12.8 Å². The molecule has 0 spiro atoms. The Morgan fingerprint density at radius 3 is 2.39 bits per heavy atom. The second kappa shape index (κ2) is 5.27. The molecule has 6 nitrogen and oxygen atoms in total. The van der Waals surface area contributed by atoms with Crippen molar-refractivity contribution in [1.29, 1.82) is 0 Å². The number of rotatable bonds is 3. The van der Waals surface area contributed by atoms with Crippen molar-refractivity contribution in [3.63, 3.8) is 0 Å². The van der Waals surface area contributed by atoms with Gasteiger partial charge in [-0.05, 0) is 37.6 Å². The van der Waals surface area contributed by atoms with Gasteiger partial charge in [0.15, 0.2) is 5.58 Å². The van der Waals surface area contributed by atoms with Crippen molar-refractivity contribution >= 4 is 26.8 Å². The van der Waals surface area contributed by atoms with Crippen LogP contribution in [-0.4, -0.2) is 13.0 Å². The van der Waals surface area contributed by atoms with Crippen LogP contribution in [0.15, 0.2) is 50.5 Å². The van der Waals surface area contributed by atoms with Crippen LogP contribution in [0.1, 0.15) is 11.1 Å². The molecule has 1 heterocycles. The first-order valence-electron chi connectivity index (χ1n) is 6.97. The van der Waals surface area contributed by atoms with Gasteiger partial charge in [0.25, 0.3) is 10.0 Å². The average molecular weight is 332 g/mol. The maximum atomic E-state index is 12.6. The lowest BCUT2D eigenvalue weighted by atomic mass is 10.2. The van der Waals surface area contributed by atoms with Crippen LogP contribution < -0.4 is 10.5 Å². The SMILES string of the molecule is Cc1ccc(NS(=O)(=O)c2cc3oc(=O)n(C)c3cc2C)cc1. The Hall–Kier alpha value is -2.54. The van der Waals surface area contributed by atoms with Crippen LogP contribution in [0.3, 0.4) is 0 Å². The molecular weight excluding hydrogens is 316 g/mol. The van der Waals surface area contributed by atoms with E-state index in [0.717, 1.165) is 5.56 Å². The van der Waals surface area contributed by atoms with E-state index in [1.54, 1.807) is 32.2 Å². The molecule has 0 unspecified atom stereocenters. The normalized spacial score (nSPS) is 11.8.